The van der Waals surface area contributed by atoms with Gasteiger partial charge in [0.1, 0.15) is 23.2 Å². The van der Waals surface area contributed by atoms with Crippen molar-refractivity contribution in [2.24, 2.45) is 5.41 Å². The zero-order valence-electron chi connectivity index (χ0n) is 16.6. The maximum Gasteiger partial charge on any atom is 0.148 e. The van der Waals surface area contributed by atoms with Gasteiger partial charge in [0.05, 0.1) is 14.2 Å². The normalized spacial score (nSPS) is 20.4. The zero-order valence-corrected chi connectivity index (χ0v) is 16.6. The second-order valence-electron chi connectivity index (χ2n) is 7.61. The molecule has 1 aliphatic carbocycles. The quantitative estimate of drug-likeness (QED) is 0.605. The van der Waals surface area contributed by atoms with E-state index in [1.165, 1.54) is 0 Å². The molecule has 1 saturated carbocycles. The van der Waals surface area contributed by atoms with Gasteiger partial charge >= 0.3 is 0 Å². The van der Waals surface area contributed by atoms with E-state index < -0.39 is 5.92 Å². The Hall–Kier alpha value is -2.16. The molecule has 1 aliphatic heterocycles. The van der Waals surface area contributed by atoms with Gasteiger partial charge in [-0.25, -0.2) is 0 Å². The van der Waals surface area contributed by atoms with Crippen LogP contribution in [0.1, 0.15) is 55.2 Å². The predicted octanol–water partition coefficient (Wildman–Crippen LogP) is 3.03. The minimum atomic E-state index is -0.727. The third kappa shape index (κ3) is 3.78. The zero-order chi connectivity index (χ0) is 19.6. The number of ether oxygens (including phenoxy) is 1. The molecule has 1 aromatic carbocycles. The Morgan fingerprint density at radius 2 is 1.74 bits per heavy atom. The number of hydrogen-bond donors (Lipinski definition) is 0. The molecule has 2 aliphatic rings. The molecule has 0 unspecified atom stereocenters. The number of nitrogens with zero attached hydrogens (tertiary/aromatic N) is 1. The second-order valence-corrected chi connectivity index (χ2v) is 7.61. The molecule has 5 nitrogen and oxygen atoms in total. The lowest BCUT2D eigenvalue weighted by atomic mass is 9.63. The van der Waals surface area contributed by atoms with Crippen LogP contribution < -0.4 is 4.74 Å². The summed E-state index contributed by atoms with van der Waals surface area (Å²) in [6.07, 6.45) is 2.51. The monoisotopic (exact) mass is 369 g/mol. The predicted molar refractivity (Wildman–Crippen MR) is 103 cm³/mol. The number of benzene rings is 1. The van der Waals surface area contributed by atoms with Gasteiger partial charge in [-0.2, -0.15) is 5.06 Å². The molecule has 144 valence electrons. The summed E-state index contributed by atoms with van der Waals surface area (Å²) in [6.45, 7) is 5.21. The van der Waals surface area contributed by atoms with E-state index in [4.69, 9.17) is 9.57 Å². The average molecular weight is 369 g/mol. The van der Waals surface area contributed by atoms with Crippen molar-refractivity contribution in [1.29, 1.82) is 0 Å². The summed E-state index contributed by atoms with van der Waals surface area (Å²) in [5.41, 5.74) is 2.20. The van der Waals surface area contributed by atoms with Gasteiger partial charge in [-0.15, -0.1) is 5.92 Å². The molecular formula is C22H27NO4. The Labute approximate surface area is 161 Å². The highest BCUT2D eigenvalue weighted by Gasteiger charge is 2.47. The van der Waals surface area contributed by atoms with Crippen molar-refractivity contribution in [1.82, 2.24) is 5.06 Å². The van der Waals surface area contributed by atoms with Crippen LogP contribution >= 0.6 is 0 Å². The lowest BCUT2D eigenvalue weighted by molar-refractivity contribution is -0.166. The lowest BCUT2D eigenvalue weighted by Crippen LogP contribution is -2.46. The number of hydrogen-bond acceptors (Lipinski definition) is 5. The molecule has 3 rings (SSSR count). The highest BCUT2D eigenvalue weighted by Crippen LogP contribution is 2.47. The molecule has 0 bridgehead atoms. The van der Waals surface area contributed by atoms with Crippen LogP contribution in [-0.2, 0) is 14.4 Å². The summed E-state index contributed by atoms with van der Waals surface area (Å²) in [6, 6.07) is 3.75. The Bertz CT molecular complexity index is 790. The number of Topliss-reactive ketones (excluding diaryl/α,β-unsaturated/α-hetero) is 2. The van der Waals surface area contributed by atoms with Gasteiger partial charge in [-0.05, 0) is 49.8 Å². The highest BCUT2D eigenvalue weighted by atomic mass is 16.7. The summed E-state index contributed by atoms with van der Waals surface area (Å²) >= 11 is 0. The maximum absolute atomic E-state index is 13.1. The van der Waals surface area contributed by atoms with Gasteiger partial charge in [-0.3, -0.25) is 9.59 Å². The number of carbonyl (C=O) groups is 2. The molecule has 5 heteroatoms. The Morgan fingerprint density at radius 1 is 1.11 bits per heavy atom. The van der Waals surface area contributed by atoms with E-state index >= 15 is 0 Å². The van der Waals surface area contributed by atoms with E-state index in [1.54, 1.807) is 21.1 Å². The van der Waals surface area contributed by atoms with Crippen molar-refractivity contribution in [3.8, 4) is 17.6 Å². The summed E-state index contributed by atoms with van der Waals surface area (Å²) in [4.78, 5) is 31.5. The molecule has 0 aromatic heterocycles. The van der Waals surface area contributed by atoms with Gasteiger partial charge in [0.15, 0.2) is 0 Å². The Morgan fingerprint density at radius 3 is 2.26 bits per heavy atom. The van der Waals surface area contributed by atoms with Crippen LogP contribution in [0.3, 0.4) is 0 Å². The van der Waals surface area contributed by atoms with Gasteiger partial charge in [-0.1, -0.05) is 5.92 Å². The molecule has 1 saturated heterocycles. The summed E-state index contributed by atoms with van der Waals surface area (Å²) < 4.78 is 5.53. The second kappa shape index (κ2) is 7.84. The molecule has 27 heavy (non-hydrogen) atoms. The van der Waals surface area contributed by atoms with Crippen molar-refractivity contribution in [2.75, 3.05) is 27.3 Å². The van der Waals surface area contributed by atoms with Crippen LogP contribution in [-0.4, -0.2) is 43.9 Å². The molecule has 0 atom stereocenters. The third-order valence-corrected chi connectivity index (χ3v) is 5.91. The van der Waals surface area contributed by atoms with Crippen LogP contribution in [0.25, 0.3) is 0 Å². The number of hydroxylamine groups is 2. The first-order chi connectivity index (χ1) is 12.9. The molecule has 1 aromatic rings. The van der Waals surface area contributed by atoms with Crippen LogP contribution in [0.5, 0.6) is 5.75 Å². The van der Waals surface area contributed by atoms with Crippen LogP contribution in [0.2, 0.25) is 0 Å². The van der Waals surface area contributed by atoms with E-state index in [-0.39, 0.29) is 17.0 Å². The van der Waals surface area contributed by atoms with E-state index in [1.807, 2.05) is 24.1 Å². The van der Waals surface area contributed by atoms with Crippen molar-refractivity contribution >= 4 is 11.6 Å². The Kier molecular flexibility index (Phi) is 5.69. The minimum absolute atomic E-state index is 0.00726. The highest BCUT2D eigenvalue weighted by molar-refractivity contribution is 6.11. The summed E-state index contributed by atoms with van der Waals surface area (Å²) in [5, 5.41) is 1.90. The molecule has 0 radical (unpaired) electrons. The lowest BCUT2D eigenvalue weighted by Gasteiger charge is -2.44. The first-order valence-corrected chi connectivity index (χ1v) is 9.39. The van der Waals surface area contributed by atoms with Crippen LogP contribution in [0, 0.1) is 24.2 Å². The standard InChI is InChI=1S/C22H27NO4/c1-5-6-16-11-15(2)20(19(12-16)26-3)21-17(24)13-22(14-18(21)25)7-9-23(27-4)10-8-22/h11-12,21H,7-10,13-14H2,1-4H3. The van der Waals surface area contributed by atoms with Gasteiger partial charge in [0, 0.05) is 37.1 Å². The van der Waals surface area contributed by atoms with Crippen molar-refractivity contribution < 1.29 is 19.2 Å². The van der Waals surface area contributed by atoms with Crippen molar-refractivity contribution in [2.45, 2.75) is 45.4 Å². The molecule has 0 N–H and O–H groups in total. The first kappa shape index (κ1) is 19.6. The molecule has 0 amide bonds. The number of carbonyl (C=O) groups excluding carboxylic acids is 2. The average Bonchev–Trinajstić information content (AvgIpc) is 2.63. The first-order valence-electron chi connectivity index (χ1n) is 9.39. The number of piperidine rings is 1. The van der Waals surface area contributed by atoms with Gasteiger partial charge < -0.3 is 9.57 Å². The Balaban J connectivity index is 1.90. The molecular weight excluding hydrogens is 342 g/mol. The number of ketones is 2. The maximum atomic E-state index is 13.1. The van der Waals surface area contributed by atoms with Gasteiger partial charge in [0.25, 0.3) is 0 Å². The van der Waals surface area contributed by atoms with Crippen LogP contribution in [0.4, 0.5) is 0 Å². The third-order valence-electron chi connectivity index (χ3n) is 5.91. The minimum Gasteiger partial charge on any atom is -0.496 e. The molecule has 2 fully saturated rings. The summed E-state index contributed by atoms with van der Waals surface area (Å²) in [7, 11) is 3.23. The van der Waals surface area contributed by atoms with E-state index in [9.17, 15) is 9.59 Å². The van der Waals surface area contributed by atoms with E-state index in [2.05, 4.69) is 11.8 Å². The van der Waals surface area contributed by atoms with Crippen molar-refractivity contribution in [3.05, 3.63) is 28.8 Å². The van der Waals surface area contributed by atoms with Crippen molar-refractivity contribution in [3.63, 3.8) is 0 Å². The molecule has 1 heterocycles. The number of methoxy groups -OCH3 is 1. The summed E-state index contributed by atoms with van der Waals surface area (Å²) in [5.74, 6) is 5.75. The molecule has 1 spiro atoms. The fourth-order valence-corrected chi connectivity index (χ4v) is 4.53. The topological polar surface area (TPSA) is 55.8 Å². The number of rotatable bonds is 3. The van der Waals surface area contributed by atoms with E-state index in [0.29, 0.717) is 24.2 Å². The smallest absolute Gasteiger partial charge is 0.148 e. The SMILES string of the molecule is CC#Cc1cc(C)c(C2C(=O)CC3(CCN(OC)CC3)CC2=O)c(OC)c1. The largest absolute Gasteiger partial charge is 0.496 e. The van der Waals surface area contributed by atoms with Gasteiger partial charge in [0.2, 0.25) is 0 Å². The fourth-order valence-electron chi connectivity index (χ4n) is 4.53. The number of aryl methyl sites for hydroxylation is 1. The van der Waals surface area contributed by atoms with E-state index in [0.717, 1.165) is 37.1 Å². The fraction of sp³-hybridized carbons (Fsp3) is 0.545. The van der Waals surface area contributed by atoms with Crippen LogP contribution in [0.15, 0.2) is 12.1 Å².